The third-order valence-corrected chi connectivity index (χ3v) is 4.02. The molecule has 0 unspecified atom stereocenters. The first kappa shape index (κ1) is 21.4. The zero-order chi connectivity index (χ0) is 20.4. The largest absolute Gasteiger partial charge is 0.494 e. The van der Waals surface area contributed by atoms with E-state index in [0.717, 1.165) is 12.8 Å². The molecule has 0 heterocycles. The number of thiocarbonyl (C=S) groups is 1. The summed E-state index contributed by atoms with van der Waals surface area (Å²) in [6, 6.07) is 14.1. The lowest BCUT2D eigenvalue weighted by Gasteiger charge is -2.12. The molecule has 6 nitrogen and oxygen atoms in total. The van der Waals surface area contributed by atoms with E-state index in [9.17, 15) is 9.59 Å². The quantitative estimate of drug-likeness (QED) is 0.454. The first-order valence-corrected chi connectivity index (χ1v) is 9.67. The number of carbonyl (C=O) groups is 2. The van der Waals surface area contributed by atoms with E-state index in [4.69, 9.17) is 17.0 Å². The van der Waals surface area contributed by atoms with Crippen LogP contribution in [0.1, 0.15) is 43.5 Å². The van der Waals surface area contributed by atoms with Gasteiger partial charge in [-0.15, -0.1) is 0 Å². The number of ether oxygens (including phenoxy) is 1. The topological polar surface area (TPSA) is 79.5 Å². The van der Waals surface area contributed by atoms with Crippen molar-refractivity contribution in [2.24, 2.45) is 0 Å². The number of hydrogen-bond acceptors (Lipinski definition) is 4. The van der Waals surface area contributed by atoms with E-state index in [0.29, 0.717) is 35.7 Å². The van der Waals surface area contributed by atoms with E-state index in [-0.39, 0.29) is 16.9 Å². The molecule has 0 radical (unpaired) electrons. The Morgan fingerprint density at radius 2 is 1.71 bits per heavy atom. The Bertz CT molecular complexity index is 839. The van der Waals surface area contributed by atoms with Crippen LogP contribution in [0.25, 0.3) is 0 Å². The summed E-state index contributed by atoms with van der Waals surface area (Å²) in [6.45, 7) is 4.49. The van der Waals surface area contributed by atoms with Crippen LogP contribution in [-0.2, 0) is 4.79 Å². The first-order chi connectivity index (χ1) is 13.5. The molecule has 0 aliphatic carbocycles. The monoisotopic (exact) mass is 399 g/mol. The molecule has 2 aromatic rings. The third-order valence-electron chi connectivity index (χ3n) is 3.82. The van der Waals surface area contributed by atoms with Gasteiger partial charge in [-0.05, 0) is 55.0 Å². The molecule has 0 aliphatic rings. The Balaban J connectivity index is 1.94. The Morgan fingerprint density at radius 1 is 1.00 bits per heavy atom. The number of rotatable bonds is 8. The second kappa shape index (κ2) is 11.0. The van der Waals surface area contributed by atoms with Crippen molar-refractivity contribution in [1.29, 1.82) is 0 Å². The molecule has 0 bridgehead atoms. The Morgan fingerprint density at radius 3 is 2.43 bits per heavy atom. The minimum atomic E-state index is -0.325. The molecule has 3 N–H and O–H groups in total. The van der Waals surface area contributed by atoms with Crippen molar-refractivity contribution in [2.45, 2.75) is 33.1 Å². The highest BCUT2D eigenvalue weighted by atomic mass is 32.1. The Labute approximate surface area is 170 Å². The average molecular weight is 400 g/mol. The van der Waals surface area contributed by atoms with Crippen LogP contribution in [0.4, 0.5) is 11.4 Å². The third kappa shape index (κ3) is 7.00. The number of carbonyl (C=O) groups excluding carboxylic acids is 2. The second-order valence-corrected chi connectivity index (χ2v) is 6.53. The zero-order valence-corrected chi connectivity index (χ0v) is 16.9. The zero-order valence-electron chi connectivity index (χ0n) is 16.1. The fourth-order valence-electron chi connectivity index (χ4n) is 2.32. The van der Waals surface area contributed by atoms with Crippen molar-refractivity contribution in [3.8, 4) is 5.75 Å². The van der Waals surface area contributed by atoms with Crippen LogP contribution in [0.3, 0.4) is 0 Å². The Hall–Kier alpha value is -2.93. The van der Waals surface area contributed by atoms with Crippen LogP contribution in [0.15, 0.2) is 48.5 Å². The van der Waals surface area contributed by atoms with Crippen LogP contribution < -0.4 is 20.7 Å². The van der Waals surface area contributed by atoms with E-state index in [1.807, 2.05) is 6.07 Å². The van der Waals surface area contributed by atoms with Crippen LogP contribution in [0, 0.1) is 0 Å². The summed E-state index contributed by atoms with van der Waals surface area (Å²) in [6.07, 6.45) is 2.40. The molecule has 148 valence electrons. The molecule has 0 aliphatic heterocycles. The lowest BCUT2D eigenvalue weighted by molar-refractivity contribution is -0.115. The van der Waals surface area contributed by atoms with E-state index in [2.05, 4.69) is 22.9 Å². The summed E-state index contributed by atoms with van der Waals surface area (Å²) >= 11 is 5.22. The van der Waals surface area contributed by atoms with Gasteiger partial charge in [-0.3, -0.25) is 14.9 Å². The summed E-state index contributed by atoms with van der Waals surface area (Å²) in [5.74, 6) is 0.252. The van der Waals surface area contributed by atoms with Crippen LogP contribution in [0.5, 0.6) is 5.75 Å². The van der Waals surface area contributed by atoms with Gasteiger partial charge in [-0.1, -0.05) is 32.4 Å². The predicted octanol–water partition coefficient (Wildman–Crippen LogP) is 4.34. The minimum absolute atomic E-state index is 0.0749. The van der Waals surface area contributed by atoms with E-state index in [1.54, 1.807) is 49.4 Å². The number of hydrogen-bond donors (Lipinski definition) is 3. The van der Waals surface area contributed by atoms with E-state index >= 15 is 0 Å². The summed E-state index contributed by atoms with van der Waals surface area (Å²) < 4.78 is 5.63. The van der Waals surface area contributed by atoms with Crippen molar-refractivity contribution in [1.82, 2.24) is 5.32 Å². The summed E-state index contributed by atoms with van der Waals surface area (Å²) in [7, 11) is 0. The van der Waals surface area contributed by atoms with Gasteiger partial charge in [-0.25, -0.2) is 0 Å². The average Bonchev–Trinajstić information content (AvgIpc) is 2.68. The van der Waals surface area contributed by atoms with Crippen molar-refractivity contribution >= 4 is 40.5 Å². The summed E-state index contributed by atoms with van der Waals surface area (Å²) in [4.78, 5) is 23.9. The van der Waals surface area contributed by atoms with Crippen LogP contribution >= 0.6 is 12.2 Å². The molecule has 2 amide bonds. The molecule has 0 fully saturated rings. The van der Waals surface area contributed by atoms with Gasteiger partial charge in [0, 0.05) is 23.4 Å². The molecule has 2 aromatic carbocycles. The van der Waals surface area contributed by atoms with Crippen molar-refractivity contribution in [3.63, 3.8) is 0 Å². The number of amides is 2. The smallest absolute Gasteiger partial charge is 0.257 e. The molecular formula is C21H25N3O3S. The van der Waals surface area contributed by atoms with Gasteiger partial charge in [0.15, 0.2) is 5.11 Å². The molecule has 2 rings (SSSR count). The van der Waals surface area contributed by atoms with Gasteiger partial charge in [0.25, 0.3) is 5.91 Å². The highest BCUT2D eigenvalue weighted by Crippen LogP contribution is 2.16. The maximum atomic E-state index is 12.4. The van der Waals surface area contributed by atoms with Crippen molar-refractivity contribution in [2.75, 3.05) is 17.2 Å². The van der Waals surface area contributed by atoms with Gasteiger partial charge in [0.2, 0.25) is 5.91 Å². The lowest BCUT2D eigenvalue weighted by atomic mass is 10.2. The van der Waals surface area contributed by atoms with Crippen LogP contribution in [0.2, 0.25) is 0 Å². The maximum absolute atomic E-state index is 12.4. The molecule has 7 heteroatoms. The number of unbranched alkanes of at least 4 members (excludes halogenated alkanes) is 1. The van der Waals surface area contributed by atoms with Gasteiger partial charge in [0.1, 0.15) is 5.75 Å². The van der Waals surface area contributed by atoms with Gasteiger partial charge >= 0.3 is 0 Å². The molecule has 0 aromatic heterocycles. The molecular weight excluding hydrogens is 374 g/mol. The van der Waals surface area contributed by atoms with Gasteiger partial charge in [-0.2, -0.15) is 0 Å². The van der Waals surface area contributed by atoms with Gasteiger partial charge < -0.3 is 15.4 Å². The fourth-order valence-corrected chi connectivity index (χ4v) is 2.53. The van der Waals surface area contributed by atoms with E-state index in [1.165, 1.54) is 0 Å². The SMILES string of the molecule is CCCCOc1cccc(C(=O)NC(=S)Nc2cccc(NC(=O)CC)c2)c1. The highest BCUT2D eigenvalue weighted by molar-refractivity contribution is 7.80. The number of benzene rings is 2. The Kier molecular flexibility index (Phi) is 8.42. The predicted molar refractivity (Wildman–Crippen MR) is 116 cm³/mol. The molecule has 0 atom stereocenters. The molecule has 28 heavy (non-hydrogen) atoms. The standard InChI is InChI=1S/C21H25N3O3S/c1-3-5-12-27-18-11-6-8-15(13-18)20(26)24-21(28)23-17-10-7-9-16(14-17)22-19(25)4-2/h6-11,13-14H,3-5,12H2,1-2H3,(H,22,25)(H2,23,24,26,28). The summed E-state index contributed by atoms with van der Waals surface area (Å²) in [5.41, 5.74) is 1.78. The number of anilines is 2. The molecule has 0 spiro atoms. The second-order valence-electron chi connectivity index (χ2n) is 6.12. The van der Waals surface area contributed by atoms with Crippen LogP contribution in [-0.4, -0.2) is 23.5 Å². The number of nitrogens with one attached hydrogen (secondary N) is 3. The minimum Gasteiger partial charge on any atom is -0.494 e. The highest BCUT2D eigenvalue weighted by Gasteiger charge is 2.10. The molecule has 0 saturated heterocycles. The lowest BCUT2D eigenvalue weighted by Crippen LogP contribution is -2.34. The maximum Gasteiger partial charge on any atom is 0.257 e. The van der Waals surface area contributed by atoms with E-state index < -0.39 is 0 Å². The van der Waals surface area contributed by atoms with Crippen molar-refractivity contribution < 1.29 is 14.3 Å². The van der Waals surface area contributed by atoms with Crippen molar-refractivity contribution in [3.05, 3.63) is 54.1 Å². The normalized spacial score (nSPS) is 10.1. The van der Waals surface area contributed by atoms with Gasteiger partial charge in [0.05, 0.1) is 6.61 Å². The molecule has 0 saturated carbocycles. The fraction of sp³-hybridized carbons (Fsp3) is 0.286. The first-order valence-electron chi connectivity index (χ1n) is 9.27. The summed E-state index contributed by atoms with van der Waals surface area (Å²) in [5, 5.41) is 8.54.